The molecule has 0 unspecified atom stereocenters. The molecule has 21 heavy (non-hydrogen) atoms. The van der Waals surface area contributed by atoms with Gasteiger partial charge in [0.1, 0.15) is 10.8 Å². The third-order valence-corrected chi connectivity index (χ3v) is 4.08. The fourth-order valence-electron chi connectivity index (χ4n) is 1.96. The Morgan fingerprint density at radius 3 is 2.81 bits per heavy atom. The van der Waals surface area contributed by atoms with Gasteiger partial charge in [-0.3, -0.25) is 10.1 Å². The summed E-state index contributed by atoms with van der Waals surface area (Å²) in [5.74, 6) is 0.376. The predicted molar refractivity (Wildman–Crippen MR) is 79.9 cm³/mol. The Hall–Kier alpha value is -2.67. The van der Waals surface area contributed by atoms with Gasteiger partial charge in [-0.15, -0.1) is 11.3 Å². The van der Waals surface area contributed by atoms with E-state index in [1.165, 1.54) is 23.5 Å². The number of benzene rings is 2. The second kappa shape index (κ2) is 5.02. The van der Waals surface area contributed by atoms with Gasteiger partial charge in [-0.2, -0.15) is 0 Å². The van der Waals surface area contributed by atoms with Crippen molar-refractivity contribution in [3.05, 3.63) is 46.5 Å². The number of phenols is 1. The van der Waals surface area contributed by atoms with Crippen molar-refractivity contribution >= 4 is 27.2 Å². The molecule has 0 spiro atoms. The van der Waals surface area contributed by atoms with Gasteiger partial charge in [0.15, 0.2) is 5.75 Å². The summed E-state index contributed by atoms with van der Waals surface area (Å²) < 4.78 is 6.09. The van der Waals surface area contributed by atoms with Crippen LogP contribution in [0.1, 0.15) is 0 Å². The number of aromatic nitrogens is 1. The number of ether oxygens (including phenoxy) is 1. The average molecular weight is 302 g/mol. The number of nitrogens with zero attached hydrogens (tertiary/aromatic N) is 2. The first-order valence-corrected chi connectivity index (χ1v) is 6.82. The van der Waals surface area contributed by atoms with Crippen LogP contribution in [0.5, 0.6) is 11.5 Å². The SMILES string of the molecule is COc1ccc2nc(-c3ccc(O)c([N+](=O)[O-])c3)sc2c1. The first kappa shape index (κ1) is 13.3. The number of thiazole rings is 1. The Kier molecular flexibility index (Phi) is 3.19. The summed E-state index contributed by atoms with van der Waals surface area (Å²) in [6.07, 6.45) is 0. The lowest BCUT2D eigenvalue weighted by Crippen LogP contribution is -1.89. The van der Waals surface area contributed by atoms with Crippen molar-refractivity contribution < 1.29 is 14.8 Å². The van der Waals surface area contributed by atoms with Gasteiger partial charge in [-0.1, -0.05) is 0 Å². The lowest BCUT2D eigenvalue weighted by Gasteiger charge is -1.98. The fraction of sp³-hybridized carbons (Fsp3) is 0.0714. The largest absolute Gasteiger partial charge is 0.502 e. The summed E-state index contributed by atoms with van der Waals surface area (Å²) in [7, 11) is 1.59. The Balaban J connectivity index is 2.12. The molecule has 1 aromatic heterocycles. The minimum atomic E-state index is -0.616. The molecule has 3 aromatic rings. The molecule has 2 aromatic carbocycles. The molecule has 0 saturated heterocycles. The van der Waals surface area contributed by atoms with Gasteiger partial charge in [0.05, 0.1) is 22.2 Å². The number of methoxy groups -OCH3 is 1. The maximum absolute atomic E-state index is 10.9. The van der Waals surface area contributed by atoms with Gasteiger partial charge in [-0.05, 0) is 30.3 Å². The summed E-state index contributed by atoms with van der Waals surface area (Å²) in [4.78, 5) is 14.7. The van der Waals surface area contributed by atoms with Crippen molar-refractivity contribution in [1.82, 2.24) is 4.98 Å². The molecule has 0 aliphatic carbocycles. The molecule has 1 N–H and O–H groups in total. The second-order valence-corrected chi connectivity index (χ2v) is 5.34. The van der Waals surface area contributed by atoms with Gasteiger partial charge < -0.3 is 9.84 Å². The molecule has 106 valence electrons. The third-order valence-electron chi connectivity index (χ3n) is 3.01. The molecular weight excluding hydrogens is 292 g/mol. The summed E-state index contributed by atoms with van der Waals surface area (Å²) >= 11 is 1.41. The minimum absolute atomic E-state index is 0.329. The number of nitro benzene ring substituents is 1. The maximum Gasteiger partial charge on any atom is 0.311 e. The number of hydrogen-bond acceptors (Lipinski definition) is 6. The van der Waals surface area contributed by atoms with E-state index in [2.05, 4.69) is 4.98 Å². The van der Waals surface area contributed by atoms with Crippen LogP contribution in [0, 0.1) is 10.1 Å². The molecule has 7 heteroatoms. The van der Waals surface area contributed by atoms with Crippen molar-refractivity contribution in [3.63, 3.8) is 0 Å². The lowest BCUT2D eigenvalue weighted by atomic mass is 10.2. The summed E-state index contributed by atoms with van der Waals surface area (Å²) in [6.45, 7) is 0. The van der Waals surface area contributed by atoms with Gasteiger partial charge in [0, 0.05) is 11.6 Å². The number of hydrogen-bond donors (Lipinski definition) is 1. The van der Waals surface area contributed by atoms with Crippen molar-refractivity contribution in [2.45, 2.75) is 0 Å². The van der Waals surface area contributed by atoms with Crippen LogP contribution in [0.4, 0.5) is 5.69 Å². The average Bonchev–Trinajstić information content (AvgIpc) is 2.90. The normalized spacial score (nSPS) is 10.7. The zero-order valence-corrected chi connectivity index (χ0v) is 11.8. The monoisotopic (exact) mass is 302 g/mol. The fourth-order valence-corrected chi connectivity index (χ4v) is 2.95. The van der Waals surface area contributed by atoms with Crippen LogP contribution in [0.2, 0.25) is 0 Å². The Labute approximate surface area is 123 Å². The molecule has 0 aliphatic heterocycles. The summed E-state index contributed by atoms with van der Waals surface area (Å²) in [6, 6.07) is 9.75. The van der Waals surface area contributed by atoms with E-state index < -0.39 is 4.92 Å². The molecular formula is C14H10N2O4S. The van der Waals surface area contributed by atoms with Crippen LogP contribution in [0.3, 0.4) is 0 Å². The minimum Gasteiger partial charge on any atom is -0.502 e. The van der Waals surface area contributed by atoms with E-state index in [0.29, 0.717) is 10.6 Å². The van der Waals surface area contributed by atoms with E-state index in [1.807, 2.05) is 18.2 Å². The first-order chi connectivity index (χ1) is 10.1. The molecule has 0 radical (unpaired) electrons. The number of phenolic OH excluding ortho intramolecular Hbond substituents is 1. The quantitative estimate of drug-likeness (QED) is 0.590. The highest BCUT2D eigenvalue weighted by molar-refractivity contribution is 7.21. The molecule has 0 bridgehead atoms. The molecule has 0 amide bonds. The molecule has 6 nitrogen and oxygen atoms in total. The molecule has 1 heterocycles. The topological polar surface area (TPSA) is 85.5 Å². The number of rotatable bonds is 3. The Morgan fingerprint density at radius 1 is 1.29 bits per heavy atom. The van der Waals surface area contributed by atoms with E-state index >= 15 is 0 Å². The molecule has 0 fully saturated rings. The van der Waals surface area contributed by atoms with Crippen LogP contribution >= 0.6 is 11.3 Å². The van der Waals surface area contributed by atoms with Gasteiger partial charge >= 0.3 is 5.69 Å². The molecule has 0 atom stereocenters. The van der Waals surface area contributed by atoms with Crippen LogP contribution in [0.25, 0.3) is 20.8 Å². The number of aromatic hydroxyl groups is 1. The van der Waals surface area contributed by atoms with Crippen molar-refractivity contribution in [1.29, 1.82) is 0 Å². The lowest BCUT2D eigenvalue weighted by molar-refractivity contribution is -0.385. The van der Waals surface area contributed by atoms with E-state index in [1.54, 1.807) is 13.2 Å². The van der Waals surface area contributed by atoms with Gasteiger partial charge in [0.25, 0.3) is 0 Å². The van der Waals surface area contributed by atoms with E-state index in [9.17, 15) is 15.2 Å². The van der Waals surface area contributed by atoms with Gasteiger partial charge in [0.2, 0.25) is 0 Å². The highest BCUT2D eigenvalue weighted by Gasteiger charge is 2.16. The first-order valence-electron chi connectivity index (χ1n) is 6.01. The smallest absolute Gasteiger partial charge is 0.311 e. The van der Waals surface area contributed by atoms with Crippen LogP contribution in [-0.2, 0) is 0 Å². The second-order valence-electron chi connectivity index (χ2n) is 4.31. The van der Waals surface area contributed by atoms with Crippen LogP contribution in [0.15, 0.2) is 36.4 Å². The Morgan fingerprint density at radius 2 is 2.10 bits per heavy atom. The van der Waals surface area contributed by atoms with E-state index in [4.69, 9.17) is 4.74 Å². The molecule has 3 rings (SSSR count). The van der Waals surface area contributed by atoms with Crippen LogP contribution < -0.4 is 4.74 Å². The standard InChI is InChI=1S/C14H10N2O4S/c1-20-9-3-4-10-13(7-9)21-14(15-10)8-2-5-12(17)11(6-8)16(18)19/h2-7,17H,1H3. The zero-order chi connectivity index (χ0) is 15.0. The highest BCUT2D eigenvalue weighted by atomic mass is 32.1. The van der Waals surface area contributed by atoms with E-state index in [-0.39, 0.29) is 11.4 Å². The maximum atomic E-state index is 10.9. The van der Waals surface area contributed by atoms with Crippen molar-refractivity contribution in [3.8, 4) is 22.1 Å². The molecule has 0 saturated carbocycles. The van der Waals surface area contributed by atoms with E-state index in [0.717, 1.165) is 16.0 Å². The number of nitro groups is 1. The zero-order valence-electron chi connectivity index (χ0n) is 10.9. The van der Waals surface area contributed by atoms with Crippen LogP contribution in [-0.4, -0.2) is 22.1 Å². The molecule has 0 aliphatic rings. The predicted octanol–water partition coefficient (Wildman–Crippen LogP) is 3.59. The summed E-state index contributed by atoms with van der Waals surface area (Å²) in [5.41, 5.74) is 1.07. The van der Waals surface area contributed by atoms with Crippen molar-refractivity contribution in [2.75, 3.05) is 7.11 Å². The third kappa shape index (κ3) is 2.38. The summed E-state index contributed by atoms with van der Waals surface area (Å²) in [5, 5.41) is 21.0. The number of fused-ring (bicyclic) bond motifs is 1. The van der Waals surface area contributed by atoms with Gasteiger partial charge in [-0.25, -0.2) is 4.98 Å². The van der Waals surface area contributed by atoms with Crippen molar-refractivity contribution in [2.24, 2.45) is 0 Å². The highest BCUT2D eigenvalue weighted by Crippen LogP contribution is 2.36. The Bertz CT molecular complexity index is 844.